The van der Waals surface area contributed by atoms with Crippen molar-refractivity contribution in [3.05, 3.63) is 31.0 Å². The number of aromatic amines is 1. The number of rotatable bonds is 3. The zero-order valence-electron chi connectivity index (χ0n) is 14.6. The fourth-order valence-electron chi connectivity index (χ4n) is 4.10. The predicted octanol–water partition coefficient (Wildman–Crippen LogP) is -2.36. The van der Waals surface area contributed by atoms with Crippen molar-refractivity contribution in [2.75, 3.05) is 0 Å². The van der Waals surface area contributed by atoms with E-state index >= 15 is 0 Å². The minimum atomic E-state index is -2.48. The lowest BCUT2D eigenvalue weighted by atomic mass is 9.33. The molecule has 8 nitrogen and oxygen atoms in total. The van der Waals surface area contributed by atoms with Crippen LogP contribution in [0.3, 0.4) is 0 Å². The van der Waals surface area contributed by atoms with Crippen LogP contribution >= 0.6 is 0 Å². The molecule has 0 amide bonds. The highest BCUT2D eigenvalue weighted by Crippen LogP contribution is 2.73. The number of epoxide rings is 1. The van der Waals surface area contributed by atoms with E-state index in [1.807, 2.05) is 6.07 Å². The highest BCUT2D eigenvalue weighted by Gasteiger charge is 2.89. The van der Waals surface area contributed by atoms with Gasteiger partial charge >= 0.3 is 0 Å². The lowest BCUT2D eigenvalue weighted by Gasteiger charge is -2.49. The van der Waals surface area contributed by atoms with Crippen LogP contribution in [-0.2, 0) is 11.3 Å². The first-order chi connectivity index (χ1) is 13.0. The Morgan fingerprint density at radius 2 is 1.86 bits per heavy atom. The van der Waals surface area contributed by atoms with Gasteiger partial charge in [0.25, 0.3) is 0 Å². The Labute approximate surface area is 166 Å². The molecule has 1 saturated heterocycles. The summed E-state index contributed by atoms with van der Waals surface area (Å²) >= 11 is 0. The lowest BCUT2D eigenvalue weighted by Crippen LogP contribution is -2.60. The van der Waals surface area contributed by atoms with Crippen molar-refractivity contribution >= 4 is 50.3 Å². The third kappa shape index (κ3) is 1.76. The maximum Gasteiger partial charge on any atom is 0.141 e. The first kappa shape index (κ1) is 18.1. The standard InChI is InChI=1S/C15H10B5N5O3/c16-12(17)13(18,26)11(15(20,28-11)14(12,19)27)5-25-4-7(3-24-25)9-8-1-2-21-10(8)23-6-22-9/h1-4,6,26-27H,5H2,(H,21,22,23). The Balaban J connectivity index is 1.53. The summed E-state index contributed by atoms with van der Waals surface area (Å²) in [7, 11) is 29.5. The Morgan fingerprint density at radius 3 is 2.54 bits per heavy atom. The Morgan fingerprint density at radius 1 is 1.11 bits per heavy atom. The number of hydrogen-bond donors (Lipinski definition) is 3. The molecule has 1 aliphatic carbocycles. The molecule has 3 aromatic heterocycles. The van der Waals surface area contributed by atoms with Crippen molar-refractivity contribution in [1.82, 2.24) is 24.7 Å². The van der Waals surface area contributed by atoms with E-state index in [2.05, 4.69) is 20.1 Å². The average molecular weight is 362 g/mol. The first-order valence-corrected chi connectivity index (χ1v) is 8.39. The van der Waals surface area contributed by atoms with Gasteiger partial charge in [-0.05, 0) is 6.07 Å². The van der Waals surface area contributed by atoms with Gasteiger partial charge < -0.3 is 19.9 Å². The van der Waals surface area contributed by atoms with Gasteiger partial charge in [-0.25, -0.2) is 9.97 Å². The molecule has 0 spiro atoms. The molecule has 3 aromatic rings. The van der Waals surface area contributed by atoms with E-state index in [0.29, 0.717) is 16.9 Å². The Hall–Kier alpha value is -1.97. The summed E-state index contributed by atoms with van der Waals surface area (Å²) in [6, 6.07) is 1.84. The molecule has 3 N–H and O–H groups in total. The zero-order valence-corrected chi connectivity index (χ0v) is 14.6. The minimum absolute atomic E-state index is 0.159. The Bertz CT molecular complexity index is 1110. The van der Waals surface area contributed by atoms with Crippen LogP contribution in [0.25, 0.3) is 22.3 Å². The zero-order chi connectivity index (χ0) is 20.2. The van der Waals surface area contributed by atoms with Crippen molar-refractivity contribution in [1.29, 1.82) is 0 Å². The number of ether oxygens (including phenoxy) is 1. The van der Waals surface area contributed by atoms with Crippen molar-refractivity contribution in [3.63, 3.8) is 0 Å². The summed E-state index contributed by atoms with van der Waals surface area (Å²) in [6.45, 7) is -0.159. The molecule has 28 heavy (non-hydrogen) atoms. The second-order valence-corrected chi connectivity index (χ2v) is 7.46. The fraction of sp³-hybridized carbons (Fsp3) is 0.400. The van der Waals surface area contributed by atoms with E-state index in [1.54, 1.807) is 18.6 Å². The molecule has 1 aliphatic heterocycles. The topological polar surface area (TPSA) is 112 Å². The summed E-state index contributed by atoms with van der Waals surface area (Å²) in [4.78, 5) is 11.4. The maximum absolute atomic E-state index is 10.8. The van der Waals surface area contributed by atoms with Crippen molar-refractivity contribution in [3.8, 4) is 11.3 Å². The summed E-state index contributed by atoms with van der Waals surface area (Å²) in [5.74, 6) is 0. The van der Waals surface area contributed by atoms with Gasteiger partial charge in [0.2, 0.25) is 0 Å². The minimum Gasteiger partial charge on any atom is -0.398 e. The maximum atomic E-state index is 10.8. The molecule has 1 saturated carbocycles. The number of nitrogens with one attached hydrogen (secondary N) is 1. The summed E-state index contributed by atoms with van der Waals surface area (Å²) in [5.41, 5.74) is -6.61. The molecular formula is C15H10B5N5O3. The molecule has 2 fully saturated rings. The first-order valence-electron chi connectivity index (χ1n) is 8.39. The third-order valence-electron chi connectivity index (χ3n) is 5.98. The molecule has 2 aliphatic rings. The van der Waals surface area contributed by atoms with E-state index in [9.17, 15) is 10.2 Å². The second-order valence-electron chi connectivity index (χ2n) is 7.46. The molecule has 5 rings (SSSR count). The van der Waals surface area contributed by atoms with Crippen molar-refractivity contribution < 1.29 is 14.9 Å². The third-order valence-corrected chi connectivity index (χ3v) is 5.98. The highest BCUT2D eigenvalue weighted by molar-refractivity contribution is 6.52. The Kier molecular flexibility index (Phi) is 3.20. The summed E-state index contributed by atoms with van der Waals surface area (Å²) < 4.78 is 6.88. The number of fused-ring (bicyclic) bond motifs is 2. The number of nitrogens with zero attached hydrogens (tertiary/aromatic N) is 4. The number of hydrogen-bond acceptors (Lipinski definition) is 6. The molecule has 4 heterocycles. The highest BCUT2D eigenvalue weighted by atomic mass is 16.7. The number of H-pyrrole nitrogens is 1. The van der Waals surface area contributed by atoms with Gasteiger partial charge in [0, 0.05) is 34.3 Å². The van der Waals surface area contributed by atoms with Crippen LogP contribution in [-0.4, -0.2) is 96.3 Å². The number of aliphatic hydroxyl groups is 2. The monoisotopic (exact) mass is 363 g/mol. The van der Waals surface area contributed by atoms with Crippen LogP contribution < -0.4 is 0 Å². The lowest BCUT2D eigenvalue weighted by molar-refractivity contribution is -0.0436. The van der Waals surface area contributed by atoms with E-state index in [-0.39, 0.29) is 6.54 Å². The molecule has 0 bridgehead atoms. The molecule has 10 radical (unpaired) electrons. The molecular weight excluding hydrogens is 352 g/mol. The van der Waals surface area contributed by atoms with Gasteiger partial charge in [-0.1, -0.05) is 5.21 Å². The number of aromatic nitrogens is 5. The fourth-order valence-corrected chi connectivity index (χ4v) is 4.10. The smallest absolute Gasteiger partial charge is 0.141 e. The largest absolute Gasteiger partial charge is 0.398 e. The van der Waals surface area contributed by atoms with Crippen LogP contribution in [0.4, 0.5) is 0 Å². The van der Waals surface area contributed by atoms with Gasteiger partial charge in [0.1, 0.15) is 41.1 Å². The molecule has 4 unspecified atom stereocenters. The quantitative estimate of drug-likeness (QED) is 0.355. The second kappa shape index (κ2) is 4.95. The summed E-state index contributed by atoms with van der Waals surface area (Å²) in [6.07, 6.45) is 6.42. The van der Waals surface area contributed by atoms with E-state index in [1.165, 1.54) is 11.0 Å². The van der Waals surface area contributed by atoms with Crippen LogP contribution in [0.15, 0.2) is 31.0 Å². The SMILES string of the molecule is [B]C1([B])C([B])(O)C2([B])OC2(Cn2cc(-c3ncnc4[nH]ccc34)cn2)C1([B])O. The van der Waals surface area contributed by atoms with Crippen LogP contribution in [0, 0.1) is 0 Å². The average Bonchev–Trinajstić information content (AvgIpc) is 3.00. The van der Waals surface area contributed by atoms with E-state index in [4.69, 9.17) is 44.0 Å². The molecule has 128 valence electrons. The normalized spacial score (nSPS) is 38.5. The molecule has 4 atom stereocenters. The van der Waals surface area contributed by atoms with Crippen LogP contribution in [0.5, 0.6) is 0 Å². The van der Waals surface area contributed by atoms with Gasteiger partial charge in [-0.3, -0.25) is 4.68 Å². The van der Waals surface area contributed by atoms with Crippen LogP contribution in [0.1, 0.15) is 0 Å². The van der Waals surface area contributed by atoms with Gasteiger partial charge in [0.15, 0.2) is 0 Å². The van der Waals surface area contributed by atoms with Gasteiger partial charge in [0.05, 0.1) is 39.6 Å². The van der Waals surface area contributed by atoms with Crippen LogP contribution in [0.2, 0.25) is 5.21 Å². The molecule has 13 heteroatoms. The molecule has 0 aromatic carbocycles. The van der Waals surface area contributed by atoms with E-state index in [0.717, 1.165) is 5.39 Å². The predicted molar refractivity (Wildman–Crippen MR) is 103 cm³/mol. The van der Waals surface area contributed by atoms with Crippen molar-refractivity contribution in [2.24, 2.45) is 0 Å². The van der Waals surface area contributed by atoms with Gasteiger partial charge in [-0.2, -0.15) is 5.10 Å². The summed E-state index contributed by atoms with van der Waals surface area (Å²) in [5, 5.41) is 24.1. The van der Waals surface area contributed by atoms with Gasteiger partial charge in [-0.15, -0.1) is 0 Å². The van der Waals surface area contributed by atoms with E-state index < -0.39 is 27.3 Å². The van der Waals surface area contributed by atoms with Crippen molar-refractivity contribution in [2.45, 2.75) is 33.9 Å².